The zero-order valence-electron chi connectivity index (χ0n) is 12.3. The average Bonchev–Trinajstić information content (AvgIpc) is 3.26. The molecule has 5 nitrogen and oxygen atoms in total. The van der Waals surface area contributed by atoms with Gasteiger partial charge in [-0.15, -0.1) is 0 Å². The van der Waals surface area contributed by atoms with Crippen molar-refractivity contribution in [1.29, 1.82) is 0 Å². The van der Waals surface area contributed by atoms with Crippen molar-refractivity contribution < 1.29 is 0 Å². The van der Waals surface area contributed by atoms with E-state index in [1.165, 1.54) is 29.3 Å². The molecule has 0 radical (unpaired) electrons. The van der Waals surface area contributed by atoms with E-state index >= 15 is 0 Å². The molecule has 1 aliphatic carbocycles. The minimum absolute atomic E-state index is 0.606. The lowest BCUT2D eigenvalue weighted by molar-refractivity contribution is 1.00. The lowest BCUT2D eigenvalue weighted by Gasteiger charge is -2.07. The van der Waals surface area contributed by atoms with Gasteiger partial charge in [0.25, 0.3) is 0 Å². The zero-order valence-corrected chi connectivity index (χ0v) is 12.3. The third-order valence-electron chi connectivity index (χ3n) is 3.97. The Bertz CT molecular complexity index is 775. The van der Waals surface area contributed by atoms with Crippen molar-refractivity contribution in [2.24, 2.45) is 0 Å². The molecule has 2 aromatic heterocycles. The number of aromatic nitrogens is 3. The van der Waals surface area contributed by atoms with Crippen LogP contribution in [0.15, 0.2) is 42.9 Å². The molecule has 0 spiro atoms. The highest BCUT2D eigenvalue weighted by molar-refractivity contribution is 5.83. The van der Waals surface area contributed by atoms with Gasteiger partial charge in [-0.3, -0.25) is 0 Å². The molecular weight excluding hydrogens is 274 g/mol. The Labute approximate surface area is 129 Å². The fourth-order valence-corrected chi connectivity index (χ4v) is 2.63. The SMILES string of the molecule is c1ccc2c(CCNc3cc(NC4CC4)ncn3)c[nH]c2c1. The number of hydrogen-bond donors (Lipinski definition) is 3. The topological polar surface area (TPSA) is 65.6 Å². The maximum Gasteiger partial charge on any atom is 0.131 e. The molecule has 0 saturated heterocycles. The number of anilines is 2. The summed E-state index contributed by atoms with van der Waals surface area (Å²) in [6, 6.07) is 11.0. The summed E-state index contributed by atoms with van der Waals surface area (Å²) in [5.41, 5.74) is 2.52. The summed E-state index contributed by atoms with van der Waals surface area (Å²) in [5.74, 6) is 1.78. The van der Waals surface area contributed by atoms with Crippen molar-refractivity contribution >= 4 is 22.5 Å². The third kappa shape index (κ3) is 2.88. The van der Waals surface area contributed by atoms with Crippen LogP contribution in [-0.4, -0.2) is 27.5 Å². The van der Waals surface area contributed by atoms with Crippen LogP contribution in [-0.2, 0) is 6.42 Å². The number of aromatic amines is 1. The van der Waals surface area contributed by atoms with Crippen molar-refractivity contribution in [2.45, 2.75) is 25.3 Å². The number of nitrogens with one attached hydrogen (secondary N) is 3. The maximum absolute atomic E-state index is 4.28. The Balaban J connectivity index is 1.38. The Morgan fingerprint density at radius 1 is 1.14 bits per heavy atom. The molecule has 0 bridgehead atoms. The first-order valence-electron chi connectivity index (χ1n) is 7.76. The molecule has 1 saturated carbocycles. The van der Waals surface area contributed by atoms with Crippen LogP contribution in [0.25, 0.3) is 10.9 Å². The van der Waals surface area contributed by atoms with E-state index in [1.54, 1.807) is 6.33 Å². The van der Waals surface area contributed by atoms with Crippen LogP contribution in [0.3, 0.4) is 0 Å². The van der Waals surface area contributed by atoms with E-state index in [-0.39, 0.29) is 0 Å². The molecule has 1 aliphatic rings. The fourth-order valence-electron chi connectivity index (χ4n) is 2.63. The molecule has 2 heterocycles. The quantitative estimate of drug-likeness (QED) is 0.653. The molecule has 0 unspecified atom stereocenters. The van der Waals surface area contributed by atoms with Gasteiger partial charge in [0.1, 0.15) is 18.0 Å². The van der Waals surface area contributed by atoms with E-state index in [0.717, 1.165) is 24.6 Å². The summed E-state index contributed by atoms with van der Waals surface area (Å²) in [6.45, 7) is 0.849. The van der Waals surface area contributed by atoms with E-state index in [9.17, 15) is 0 Å². The molecule has 3 N–H and O–H groups in total. The number of hydrogen-bond acceptors (Lipinski definition) is 4. The van der Waals surface area contributed by atoms with E-state index < -0.39 is 0 Å². The normalized spacial score (nSPS) is 14.2. The number of para-hydroxylation sites is 1. The van der Waals surface area contributed by atoms with E-state index in [1.807, 2.05) is 6.07 Å². The van der Waals surface area contributed by atoms with Crippen LogP contribution < -0.4 is 10.6 Å². The Kier molecular flexibility index (Phi) is 3.39. The molecule has 112 valence electrons. The van der Waals surface area contributed by atoms with Gasteiger partial charge in [0.15, 0.2) is 0 Å². The minimum Gasteiger partial charge on any atom is -0.370 e. The predicted octanol–water partition coefficient (Wildman–Crippen LogP) is 3.19. The van der Waals surface area contributed by atoms with Gasteiger partial charge >= 0.3 is 0 Å². The number of benzene rings is 1. The summed E-state index contributed by atoms with van der Waals surface area (Å²) >= 11 is 0. The minimum atomic E-state index is 0.606. The highest BCUT2D eigenvalue weighted by Gasteiger charge is 2.21. The van der Waals surface area contributed by atoms with Gasteiger partial charge in [-0.05, 0) is 30.9 Å². The zero-order chi connectivity index (χ0) is 14.8. The van der Waals surface area contributed by atoms with Gasteiger partial charge < -0.3 is 15.6 Å². The van der Waals surface area contributed by atoms with E-state index in [0.29, 0.717) is 6.04 Å². The smallest absolute Gasteiger partial charge is 0.131 e. The van der Waals surface area contributed by atoms with Crippen molar-refractivity contribution in [3.63, 3.8) is 0 Å². The third-order valence-corrected chi connectivity index (χ3v) is 3.97. The fraction of sp³-hybridized carbons (Fsp3) is 0.294. The molecule has 0 amide bonds. The van der Waals surface area contributed by atoms with E-state index in [2.05, 4.69) is 56.0 Å². The van der Waals surface area contributed by atoms with Crippen molar-refractivity contribution in [3.8, 4) is 0 Å². The maximum atomic E-state index is 4.28. The molecule has 22 heavy (non-hydrogen) atoms. The van der Waals surface area contributed by atoms with Crippen LogP contribution in [0, 0.1) is 0 Å². The molecule has 3 aromatic rings. The van der Waals surface area contributed by atoms with Crippen molar-refractivity contribution in [1.82, 2.24) is 15.0 Å². The van der Waals surface area contributed by atoms with Crippen LogP contribution in [0.2, 0.25) is 0 Å². The molecule has 1 fully saturated rings. The number of nitrogens with zero attached hydrogens (tertiary/aromatic N) is 2. The van der Waals surface area contributed by atoms with Crippen LogP contribution in [0.4, 0.5) is 11.6 Å². The first-order valence-corrected chi connectivity index (χ1v) is 7.76. The summed E-state index contributed by atoms with van der Waals surface area (Å²) in [5, 5.41) is 8.06. The predicted molar refractivity (Wildman–Crippen MR) is 89.2 cm³/mol. The van der Waals surface area contributed by atoms with Crippen LogP contribution >= 0.6 is 0 Å². The second kappa shape index (κ2) is 5.67. The number of rotatable bonds is 6. The summed E-state index contributed by atoms with van der Waals surface area (Å²) in [7, 11) is 0. The van der Waals surface area contributed by atoms with Gasteiger partial charge in [-0.1, -0.05) is 18.2 Å². The Morgan fingerprint density at radius 3 is 2.91 bits per heavy atom. The van der Waals surface area contributed by atoms with Gasteiger partial charge in [-0.25, -0.2) is 9.97 Å². The van der Waals surface area contributed by atoms with Gasteiger partial charge in [0, 0.05) is 35.8 Å². The first kappa shape index (κ1) is 13.1. The first-order chi connectivity index (χ1) is 10.9. The largest absolute Gasteiger partial charge is 0.370 e. The molecule has 1 aromatic carbocycles. The highest BCUT2D eigenvalue weighted by Crippen LogP contribution is 2.24. The Hall–Kier alpha value is -2.56. The second-order valence-electron chi connectivity index (χ2n) is 5.74. The lowest BCUT2D eigenvalue weighted by atomic mass is 10.1. The molecular formula is C17H19N5. The molecule has 0 aliphatic heterocycles. The van der Waals surface area contributed by atoms with E-state index in [4.69, 9.17) is 0 Å². The summed E-state index contributed by atoms with van der Waals surface area (Å²) in [4.78, 5) is 11.8. The molecule has 4 rings (SSSR count). The standard InChI is InChI=1S/C17H19N5/c1-2-4-15-14(3-1)12(10-19-15)7-8-18-16-9-17(21-11-20-16)22-13-5-6-13/h1-4,9-11,13,19H,5-8H2,(H2,18,20,21,22). The monoisotopic (exact) mass is 293 g/mol. The van der Waals surface area contributed by atoms with Crippen LogP contribution in [0.5, 0.6) is 0 Å². The number of fused-ring (bicyclic) bond motifs is 1. The average molecular weight is 293 g/mol. The lowest BCUT2D eigenvalue weighted by Crippen LogP contribution is -2.08. The molecule has 0 atom stereocenters. The second-order valence-corrected chi connectivity index (χ2v) is 5.74. The van der Waals surface area contributed by atoms with Gasteiger partial charge in [0.2, 0.25) is 0 Å². The summed E-state index contributed by atoms with van der Waals surface area (Å²) in [6.07, 6.45) is 7.14. The highest BCUT2D eigenvalue weighted by atomic mass is 15.1. The number of H-pyrrole nitrogens is 1. The Morgan fingerprint density at radius 2 is 2.00 bits per heavy atom. The summed E-state index contributed by atoms with van der Waals surface area (Å²) < 4.78 is 0. The van der Waals surface area contributed by atoms with Crippen molar-refractivity contribution in [3.05, 3.63) is 48.4 Å². The van der Waals surface area contributed by atoms with Crippen molar-refractivity contribution in [2.75, 3.05) is 17.2 Å². The molecule has 5 heteroatoms. The van der Waals surface area contributed by atoms with Gasteiger partial charge in [-0.2, -0.15) is 0 Å². The van der Waals surface area contributed by atoms with Crippen LogP contribution in [0.1, 0.15) is 18.4 Å². The van der Waals surface area contributed by atoms with Gasteiger partial charge in [0.05, 0.1) is 0 Å².